The summed E-state index contributed by atoms with van der Waals surface area (Å²) in [5.74, 6) is 0. The Bertz CT molecular complexity index is 1160. The third kappa shape index (κ3) is 1.95. The first-order valence-corrected chi connectivity index (χ1v) is 7.57. The molecule has 2 aromatic carbocycles. The van der Waals surface area contributed by atoms with Crippen LogP contribution in [0.5, 0.6) is 0 Å². The van der Waals surface area contributed by atoms with E-state index in [4.69, 9.17) is 0 Å². The molecule has 0 radical (unpaired) electrons. The normalized spacial score (nSPS) is 12.3. The minimum absolute atomic E-state index is 0.311. The Labute approximate surface area is 128 Å². The Kier molecular flexibility index (Phi) is 2.87. The quantitative estimate of drug-likeness (QED) is 0.539. The fraction of sp³-hybridized carbons (Fsp3) is 0. The van der Waals surface area contributed by atoms with Crippen LogP contribution in [0.15, 0.2) is 64.2 Å². The molecule has 4 aromatic rings. The number of hydrogen-bond donors (Lipinski definition) is 0. The predicted molar refractivity (Wildman–Crippen MR) is 88.3 cm³/mol. The summed E-state index contributed by atoms with van der Waals surface area (Å²) in [5, 5.41) is 0.459. The first-order chi connectivity index (χ1) is 10.7. The van der Waals surface area contributed by atoms with Crippen molar-refractivity contribution >= 4 is 33.3 Å². The minimum Gasteiger partial charge on any atom is -0.268 e. The lowest BCUT2D eigenvalue weighted by Gasteiger charge is -1.95. The van der Waals surface area contributed by atoms with Crippen molar-refractivity contribution in [2.45, 2.75) is 0 Å². The molecule has 0 N–H and O–H groups in total. The zero-order valence-corrected chi connectivity index (χ0v) is 12.2. The highest BCUT2D eigenvalue weighted by atomic mass is 32.1. The summed E-state index contributed by atoms with van der Waals surface area (Å²) in [4.78, 5) is 29.8. The van der Waals surface area contributed by atoms with E-state index in [1.807, 2.05) is 36.4 Å². The molecule has 22 heavy (non-hydrogen) atoms. The van der Waals surface area contributed by atoms with Gasteiger partial charge in [0.1, 0.15) is 0 Å². The van der Waals surface area contributed by atoms with Gasteiger partial charge in [-0.2, -0.15) is 0 Å². The molecule has 5 heteroatoms. The second kappa shape index (κ2) is 4.89. The number of benzene rings is 2. The summed E-state index contributed by atoms with van der Waals surface area (Å²) in [7, 11) is 0. The summed E-state index contributed by atoms with van der Waals surface area (Å²) < 4.78 is 1.66. The maximum atomic E-state index is 12.5. The highest BCUT2D eigenvalue weighted by molar-refractivity contribution is 7.15. The van der Waals surface area contributed by atoms with Crippen LogP contribution in [0.3, 0.4) is 0 Å². The number of hydrogen-bond acceptors (Lipinski definition) is 4. The third-order valence-electron chi connectivity index (χ3n) is 3.46. The Hall–Kier alpha value is -2.79. The van der Waals surface area contributed by atoms with E-state index in [1.165, 1.54) is 11.3 Å². The molecule has 0 atom stereocenters. The van der Waals surface area contributed by atoms with Gasteiger partial charge in [-0.15, -0.1) is 0 Å². The van der Waals surface area contributed by atoms with Crippen molar-refractivity contribution in [1.29, 1.82) is 0 Å². The van der Waals surface area contributed by atoms with Crippen molar-refractivity contribution in [1.82, 2.24) is 9.38 Å². The molecular formula is C17H10N2O2S. The largest absolute Gasteiger partial charge is 0.277 e. The molecule has 0 unspecified atom stereocenters. The third-order valence-corrected chi connectivity index (χ3v) is 4.43. The first kappa shape index (κ1) is 12.9. The molecule has 0 aliphatic carbocycles. The van der Waals surface area contributed by atoms with Crippen LogP contribution in [-0.2, 0) is 0 Å². The SMILES string of the molecule is O=c1/c(=C/c2ccccc2)sc2nc3ccccc3c(=O)n12. The number of fused-ring (bicyclic) bond motifs is 2. The summed E-state index contributed by atoms with van der Waals surface area (Å²) in [6.07, 6.45) is 1.78. The average molecular weight is 306 g/mol. The van der Waals surface area contributed by atoms with E-state index in [2.05, 4.69) is 4.98 Å². The molecule has 0 fully saturated rings. The molecule has 0 spiro atoms. The van der Waals surface area contributed by atoms with Crippen LogP contribution in [0, 0.1) is 0 Å². The van der Waals surface area contributed by atoms with Crippen LogP contribution < -0.4 is 15.7 Å². The Morgan fingerprint density at radius 2 is 1.64 bits per heavy atom. The zero-order valence-electron chi connectivity index (χ0n) is 11.4. The van der Waals surface area contributed by atoms with Gasteiger partial charge in [0, 0.05) is 0 Å². The molecule has 0 amide bonds. The van der Waals surface area contributed by atoms with E-state index in [-0.39, 0.29) is 11.1 Å². The Morgan fingerprint density at radius 3 is 2.45 bits per heavy atom. The molecule has 106 valence electrons. The van der Waals surface area contributed by atoms with E-state index in [9.17, 15) is 9.59 Å². The molecule has 0 bridgehead atoms. The Balaban J connectivity index is 2.12. The predicted octanol–water partition coefficient (Wildman–Crippen LogP) is 1.82. The van der Waals surface area contributed by atoms with Crippen LogP contribution in [0.1, 0.15) is 5.56 Å². The maximum absolute atomic E-state index is 12.5. The van der Waals surface area contributed by atoms with Crippen LogP contribution in [0.2, 0.25) is 0 Å². The first-order valence-electron chi connectivity index (χ1n) is 6.75. The maximum Gasteiger partial charge on any atom is 0.277 e. The molecular weight excluding hydrogens is 296 g/mol. The van der Waals surface area contributed by atoms with E-state index < -0.39 is 0 Å². The van der Waals surface area contributed by atoms with Gasteiger partial charge in [-0.3, -0.25) is 9.59 Å². The van der Waals surface area contributed by atoms with Gasteiger partial charge in [0.25, 0.3) is 11.1 Å². The fourth-order valence-corrected chi connectivity index (χ4v) is 3.38. The summed E-state index contributed by atoms with van der Waals surface area (Å²) in [6, 6.07) is 16.6. The van der Waals surface area contributed by atoms with Gasteiger partial charge in [-0.05, 0) is 23.8 Å². The Morgan fingerprint density at radius 1 is 0.909 bits per heavy atom. The van der Waals surface area contributed by atoms with E-state index in [1.54, 1.807) is 24.3 Å². The van der Waals surface area contributed by atoms with Gasteiger partial charge >= 0.3 is 0 Å². The van der Waals surface area contributed by atoms with Crippen LogP contribution >= 0.6 is 11.3 Å². The van der Waals surface area contributed by atoms with Gasteiger partial charge in [-0.1, -0.05) is 53.8 Å². The van der Waals surface area contributed by atoms with Gasteiger partial charge in [0.2, 0.25) is 4.96 Å². The second-order valence-corrected chi connectivity index (χ2v) is 5.89. The molecule has 2 aromatic heterocycles. The number of aromatic nitrogens is 2. The van der Waals surface area contributed by atoms with Crippen molar-refractivity contribution in [3.63, 3.8) is 0 Å². The highest BCUT2D eigenvalue weighted by Gasteiger charge is 2.10. The lowest BCUT2D eigenvalue weighted by atomic mass is 10.2. The van der Waals surface area contributed by atoms with Gasteiger partial charge in [-0.25, -0.2) is 9.38 Å². The van der Waals surface area contributed by atoms with Crippen molar-refractivity contribution in [2.24, 2.45) is 0 Å². The molecule has 4 nitrogen and oxygen atoms in total. The molecule has 4 rings (SSSR count). The number of nitrogens with zero attached hydrogens (tertiary/aromatic N) is 2. The van der Waals surface area contributed by atoms with Gasteiger partial charge in [0.15, 0.2) is 0 Å². The topological polar surface area (TPSA) is 51.4 Å². The lowest BCUT2D eigenvalue weighted by molar-refractivity contribution is 1.05. The minimum atomic E-state index is -0.313. The van der Waals surface area contributed by atoms with Crippen molar-refractivity contribution < 1.29 is 0 Å². The van der Waals surface area contributed by atoms with E-state index in [0.717, 1.165) is 9.96 Å². The number of para-hydroxylation sites is 1. The van der Waals surface area contributed by atoms with E-state index >= 15 is 0 Å². The smallest absolute Gasteiger partial charge is 0.268 e. The summed E-state index contributed by atoms with van der Waals surface area (Å²) in [6.45, 7) is 0. The number of rotatable bonds is 1. The summed E-state index contributed by atoms with van der Waals surface area (Å²) >= 11 is 1.23. The highest BCUT2D eigenvalue weighted by Crippen LogP contribution is 2.09. The molecule has 0 aliphatic heterocycles. The van der Waals surface area contributed by atoms with Crippen molar-refractivity contribution in [3.05, 3.63) is 85.4 Å². The van der Waals surface area contributed by atoms with Crippen molar-refractivity contribution in [3.8, 4) is 0 Å². The zero-order chi connectivity index (χ0) is 15.1. The lowest BCUT2D eigenvalue weighted by Crippen LogP contribution is -2.30. The van der Waals surface area contributed by atoms with Crippen molar-refractivity contribution in [2.75, 3.05) is 0 Å². The monoisotopic (exact) mass is 306 g/mol. The van der Waals surface area contributed by atoms with Gasteiger partial charge < -0.3 is 0 Å². The molecule has 0 aliphatic rings. The molecule has 0 saturated heterocycles. The average Bonchev–Trinajstić information content (AvgIpc) is 2.85. The molecule has 0 saturated carbocycles. The second-order valence-electron chi connectivity index (χ2n) is 4.88. The van der Waals surface area contributed by atoms with Gasteiger partial charge in [0.05, 0.1) is 15.4 Å². The van der Waals surface area contributed by atoms with Crippen LogP contribution in [0.25, 0.3) is 21.9 Å². The summed E-state index contributed by atoms with van der Waals surface area (Å²) in [5.41, 5.74) is 0.908. The standard InChI is InChI=1S/C17H10N2O2S/c20-15-12-8-4-5-9-13(12)18-17-19(15)16(21)14(22-17)10-11-6-2-1-3-7-11/h1-10H/b14-10-. The number of thiazole rings is 1. The van der Waals surface area contributed by atoms with E-state index in [0.29, 0.717) is 20.4 Å². The van der Waals surface area contributed by atoms with Crippen LogP contribution in [0.4, 0.5) is 0 Å². The molecule has 2 heterocycles. The van der Waals surface area contributed by atoms with Crippen LogP contribution in [-0.4, -0.2) is 9.38 Å². The fourth-order valence-electron chi connectivity index (χ4n) is 2.40.